The van der Waals surface area contributed by atoms with Gasteiger partial charge in [0.1, 0.15) is 29.2 Å². The summed E-state index contributed by atoms with van der Waals surface area (Å²) in [6.45, 7) is 0.663. The molecule has 3 aromatic rings. The maximum atomic E-state index is 13.6. The lowest BCUT2D eigenvalue weighted by Gasteiger charge is -2.25. The standard InChI is InChI=1S/C32H34N4O6/c1-41-22-12-13-24-26(15-22)34-25(20-9-5-4-6-10-20)17-28(24)42-23-16-27-29(37)35-32(30(38)39)18-21(32)11-7-2-3-8-14-33-31(40)36(27)19-23/h4-7,9-13,15,17,21,23,27H,2-3,8,14,16,18-19H2,1H3,(H,33,40)(H,35,37)(H,38,39)/b11-7-. The van der Waals surface area contributed by atoms with E-state index in [0.717, 1.165) is 35.9 Å². The second kappa shape index (κ2) is 11.3. The van der Waals surface area contributed by atoms with Crippen LogP contribution in [0.2, 0.25) is 0 Å². The number of urea groups is 1. The summed E-state index contributed by atoms with van der Waals surface area (Å²) in [6, 6.07) is 16.0. The maximum absolute atomic E-state index is 13.6. The number of hydrogen-bond acceptors (Lipinski definition) is 6. The quantitative estimate of drug-likeness (QED) is 0.393. The number of aliphatic carboxylic acids is 1. The summed E-state index contributed by atoms with van der Waals surface area (Å²) in [5.74, 6) is -0.578. The number of benzene rings is 2. The fraction of sp³-hybridized carbons (Fsp3) is 0.375. The summed E-state index contributed by atoms with van der Waals surface area (Å²) < 4.78 is 12.0. The number of methoxy groups -OCH3 is 1. The Morgan fingerprint density at radius 2 is 1.95 bits per heavy atom. The molecule has 218 valence electrons. The molecule has 3 amide bonds. The van der Waals surface area contributed by atoms with Crippen LogP contribution >= 0.6 is 0 Å². The number of carbonyl (C=O) groups is 3. The molecule has 2 fully saturated rings. The number of fused-ring (bicyclic) bond motifs is 3. The zero-order valence-corrected chi connectivity index (χ0v) is 23.4. The molecule has 4 unspecified atom stereocenters. The first-order valence-electron chi connectivity index (χ1n) is 14.4. The molecular weight excluding hydrogens is 536 g/mol. The molecule has 1 aromatic heterocycles. The first-order chi connectivity index (χ1) is 20.4. The fourth-order valence-corrected chi connectivity index (χ4v) is 5.90. The van der Waals surface area contributed by atoms with Gasteiger partial charge in [0.15, 0.2) is 0 Å². The van der Waals surface area contributed by atoms with E-state index in [2.05, 4.69) is 10.6 Å². The molecule has 2 aliphatic heterocycles. The molecular formula is C32H34N4O6. The number of carboxylic acid groups (broad SMARTS) is 1. The zero-order valence-electron chi connectivity index (χ0n) is 23.4. The normalized spacial score (nSPS) is 26.7. The molecule has 2 aromatic carbocycles. The molecule has 3 heterocycles. The number of nitrogens with zero attached hydrogens (tertiary/aromatic N) is 2. The van der Waals surface area contributed by atoms with E-state index in [4.69, 9.17) is 14.5 Å². The third-order valence-electron chi connectivity index (χ3n) is 8.35. The number of pyridine rings is 1. The molecule has 10 heteroatoms. The fourth-order valence-electron chi connectivity index (χ4n) is 5.90. The van der Waals surface area contributed by atoms with E-state index in [-0.39, 0.29) is 24.9 Å². The van der Waals surface area contributed by atoms with Gasteiger partial charge in [0, 0.05) is 42.0 Å². The van der Waals surface area contributed by atoms with Crippen LogP contribution < -0.4 is 20.1 Å². The molecule has 4 atom stereocenters. The summed E-state index contributed by atoms with van der Waals surface area (Å²) >= 11 is 0. The highest BCUT2D eigenvalue weighted by molar-refractivity contribution is 5.95. The number of ether oxygens (including phenoxy) is 2. The number of nitrogens with one attached hydrogen (secondary N) is 2. The number of carboxylic acids is 1. The van der Waals surface area contributed by atoms with Crippen LogP contribution in [0.25, 0.3) is 22.2 Å². The van der Waals surface area contributed by atoms with Gasteiger partial charge in [-0.25, -0.2) is 14.6 Å². The van der Waals surface area contributed by atoms with Crippen LogP contribution in [0.4, 0.5) is 4.79 Å². The minimum atomic E-state index is -1.34. The Hall–Kier alpha value is -4.60. The minimum Gasteiger partial charge on any atom is -0.497 e. The first-order valence-corrected chi connectivity index (χ1v) is 14.4. The predicted molar refractivity (Wildman–Crippen MR) is 156 cm³/mol. The van der Waals surface area contributed by atoms with Crippen molar-refractivity contribution >= 4 is 28.8 Å². The van der Waals surface area contributed by atoms with E-state index >= 15 is 0 Å². The van der Waals surface area contributed by atoms with Crippen molar-refractivity contribution in [3.63, 3.8) is 0 Å². The molecule has 3 N–H and O–H groups in total. The maximum Gasteiger partial charge on any atom is 0.330 e. The van der Waals surface area contributed by atoms with Crippen molar-refractivity contribution in [2.24, 2.45) is 5.92 Å². The van der Waals surface area contributed by atoms with Crippen LogP contribution in [-0.4, -0.2) is 70.8 Å². The van der Waals surface area contributed by atoms with Crippen molar-refractivity contribution in [1.29, 1.82) is 0 Å². The SMILES string of the molecule is COc1ccc2c(OC3CC4C(=O)NC5(C(=O)O)CC5/C=C\CCCCNC(=O)N4C3)cc(-c3ccccc3)nc2c1. The minimum absolute atomic E-state index is 0.175. The third kappa shape index (κ3) is 5.36. The number of carbonyl (C=O) groups excluding carboxylic acids is 2. The van der Waals surface area contributed by atoms with Crippen LogP contribution in [0.15, 0.2) is 66.7 Å². The summed E-state index contributed by atoms with van der Waals surface area (Å²) in [6.07, 6.45) is 6.35. The van der Waals surface area contributed by atoms with Gasteiger partial charge in [-0.15, -0.1) is 0 Å². The molecule has 1 aliphatic carbocycles. The van der Waals surface area contributed by atoms with E-state index in [1.54, 1.807) is 7.11 Å². The third-order valence-corrected chi connectivity index (χ3v) is 8.35. The number of allylic oxidation sites excluding steroid dienone is 1. The second-order valence-electron chi connectivity index (χ2n) is 11.1. The van der Waals surface area contributed by atoms with Crippen molar-refractivity contribution in [3.05, 3.63) is 66.7 Å². The second-order valence-corrected chi connectivity index (χ2v) is 11.1. The number of hydrogen-bond donors (Lipinski definition) is 3. The predicted octanol–water partition coefficient (Wildman–Crippen LogP) is 4.14. The van der Waals surface area contributed by atoms with Crippen molar-refractivity contribution in [2.75, 3.05) is 20.2 Å². The molecule has 0 radical (unpaired) electrons. The Kier molecular flexibility index (Phi) is 7.45. The molecule has 0 bridgehead atoms. The highest BCUT2D eigenvalue weighted by Crippen LogP contribution is 2.45. The lowest BCUT2D eigenvalue weighted by atomic mass is 10.1. The monoisotopic (exact) mass is 570 g/mol. The van der Waals surface area contributed by atoms with E-state index < -0.39 is 29.6 Å². The van der Waals surface area contributed by atoms with E-state index in [1.165, 1.54) is 4.90 Å². The van der Waals surface area contributed by atoms with Gasteiger partial charge >= 0.3 is 12.0 Å². The van der Waals surface area contributed by atoms with Gasteiger partial charge in [0.05, 0.1) is 24.9 Å². The lowest BCUT2D eigenvalue weighted by molar-refractivity contribution is -0.144. The molecule has 1 saturated heterocycles. The highest BCUT2D eigenvalue weighted by Gasteiger charge is 2.61. The van der Waals surface area contributed by atoms with Crippen molar-refractivity contribution in [2.45, 2.75) is 49.8 Å². The van der Waals surface area contributed by atoms with Gasteiger partial charge < -0.3 is 30.1 Å². The molecule has 10 nitrogen and oxygen atoms in total. The Morgan fingerprint density at radius 1 is 1.12 bits per heavy atom. The summed E-state index contributed by atoms with van der Waals surface area (Å²) in [4.78, 5) is 45.4. The Labute approximate surface area is 243 Å². The Morgan fingerprint density at radius 3 is 2.74 bits per heavy atom. The van der Waals surface area contributed by atoms with Crippen molar-refractivity contribution in [1.82, 2.24) is 20.5 Å². The molecule has 42 heavy (non-hydrogen) atoms. The highest BCUT2D eigenvalue weighted by atomic mass is 16.5. The smallest absolute Gasteiger partial charge is 0.330 e. The molecule has 6 rings (SSSR count). The van der Waals surface area contributed by atoms with Gasteiger partial charge in [-0.3, -0.25) is 4.79 Å². The summed E-state index contributed by atoms with van der Waals surface area (Å²) in [5.41, 5.74) is 0.981. The Bertz CT molecular complexity index is 1540. The van der Waals surface area contributed by atoms with Gasteiger partial charge in [0.25, 0.3) is 0 Å². The first kappa shape index (κ1) is 27.6. The van der Waals surface area contributed by atoms with Gasteiger partial charge in [-0.05, 0) is 37.8 Å². The average Bonchev–Trinajstić information content (AvgIpc) is 3.53. The largest absolute Gasteiger partial charge is 0.497 e. The van der Waals surface area contributed by atoms with Crippen molar-refractivity contribution < 1.29 is 29.0 Å². The van der Waals surface area contributed by atoms with Crippen LogP contribution in [-0.2, 0) is 9.59 Å². The van der Waals surface area contributed by atoms with Crippen LogP contribution in [0.5, 0.6) is 11.5 Å². The van der Waals surface area contributed by atoms with Crippen LogP contribution in [0.1, 0.15) is 32.1 Å². The lowest BCUT2D eigenvalue weighted by Crippen LogP contribution is -2.54. The average molecular weight is 571 g/mol. The van der Waals surface area contributed by atoms with Gasteiger partial charge in [-0.2, -0.15) is 0 Å². The molecule has 1 saturated carbocycles. The van der Waals surface area contributed by atoms with E-state index in [9.17, 15) is 19.5 Å². The van der Waals surface area contributed by atoms with E-state index in [1.807, 2.05) is 66.7 Å². The summed E-state index contributed by atoms with van der Waals surface area (Å²) in [5, 5.41) is 16.5. The number of amides is 3. The van der Waals surface area contributed by atoms with Gasteiger partial charge in [0.2, 0.25) is 5.91 Å². The Balaban J connectivity index is 1.31. The topological polar surface area (TPSA) is 130 Å². The summed E-state index contributed by atoms with van der Waals surface area (Å²) in [7, 11) is 1.60. The molecule has 3 aliphatic rings. The van der Waals surface area contributed by atoms with Crippen LogP contribution in [0, 0.1) is 5.92 Å². The van der Waals surface area contributed by atoms with Crippen LogP contribution in [0.3, 0.4) is 0 Å². The number of rotatable bonds is 5. The zero-order chi connectivity index (χ0) is 29.3. The van der Waals surface area contributed by atoms with E-state index in [0.29, 0.717) is 30.0 Å². The van der Waals surface area contributed by atoms with Gasteiger partial charge in [-0.1, -0.05) is 42.5 Å². The molecule has 0 spiro atoms. The number of aromatic nitrogens is 1. The van der Waals surface area contributed by atoms with Crippen molar-refractivity contribution in [3.8, 4) is 22.8 Å².